The highest BCUT2D eigenvalue weighted by Crippen LogP contribution is 2.28. The Hall–Kier alpha value is -2.51. The molecule has 5 nitrogen and oxygen atoms in total. The van der Waals surface area contributed by atoms with Crippen LogP contribution in [0.15, 0.2) is 42.6 Å². The molecule has 1 N–H and O–H groups in total. The van der Waals surface area contributed by atoms with Gasteiger partial charge in [-0.15, -0.1) is 11.3 Å². The van der Waals surface area contributed by atoms with Crippen molar-refractivity contribution in [1.82, 2.24) is 4.98 Å². The first-order chi connectivity index (χ1) is 11.5. The fourth-order valence-corrected chi connectivity index (χ4v) is 3.04. The maximum absolute atomic E-state index is 13.6. The molecule has 0 atom stereocenters. The van der Waals surface area contributed by atoms with Crippen LogP contribution in [-0.4, -0.2) is 23.5 Å². The van der Waals surface area contributed by atoms with E-state index in [0.717, 1.165) is 11.3 Å². The Kier molecular flexibility index (Phi) is 4.73. The quantitative estimate of drug-likeness (QED) is 0.713. The Morgan fingerprint density at radius 3 is 2.83 bits per heavy atom. The van der Waals surface area contributed by atoms with Crippen LogP contribution in [0.5, 0.6) is 0 Å². The van der Waals surface area contributed by atoms with E-state index in [1.54, 1.807) is 18.2 Å². The summed E-state index contributed by atoms with van der Waals surface area (Å²) in [5, 5.41) is 3.26. The zero-order chi connectivity index (χ0) is 17.1. The van der Waals surface area contributed by atoms with Crippen LogP contribution in [0.2, 0.25) is 5.02 Å². The molecule has 0 fully saturated rings. The minimum Gasteiger partial charge on any atom is -0.451 e. The molecule has 0 spiro atoms. The van der Waals surface area contributed by atoms with Crippen LogP contribution in [-0.2, 0) is 9.53 Å². The minimum absolute atomic E-state index is 0.229. The van der Waals surface area contributed by atoms with Crippen molar-refractivity contribution in [2.24, 2.45) is 0 Å². The van der Waals surface area contributed by atoms with Gasteiger partial charge < -0.3 is 10.1 Å². The van der Waals surface area contributed by atoms with Gasteiger partial charge >= 0.3 is 5.97 Å². The second-order valence-corrected chi connectivity index (χ2v) is 6.27. The molecule has 0 aliphatic carbocycles. The lowest BCUT2D eigenvalue weighted by atomic mass is 10.2. The Morgan fingerprint density at radius 2 is 2.12 bits per heavy atom. The second-order valence-electron chi connectivity index (χ2n) is 4.75. The molecule has 0 unspecified atom stereocenters. The first kappa shape index (κ1) is 16.4. The number of hydrogen-bond donors (Lipinski definition) is 1. The molecule has 122 valence electrons. The van der Waals surface area contributed by atoms with Crippen molar-refractivity contribution in [1.29, 1.82) is 0 Å². The monoisotopic (exact) mass is 364 g/mol. The molecule has 0 aliphatic rings. The van der Waals surface area contributed by atoms with E-state index in [1.165, 1.54) is 24.4 Å². The van der Waals surface area contributed by atoms with E-state index >= 15 is 0 Å². The van der Waals surface area contributed by atoms with E-state index in [9.17, 15) is 14.0 Å². The van der Waals surface area contributed by atoms with Crippen LogP contribution in [0.4, 0.5) is 10.2 Å². The highest BCUT2D eigenvalue weighted by Gasteiger charge is 2.15. The number of halogens is 2. The predicted octanol–water partition coefficient (Wildman–Crippen LogP) is 3.88. The largest absolute Gasteiger partial charge is 0.451 e. The number of anilines is 1. The van der Waals surface area contributed by atoms with Crippen LogP contribution in [0.3, 0.4) is 0 Å². The number of hydrogen-bond acceptors (Lipinski definition) is 5. The number of nitrogens with one attached hydrogen (secondary N) is 1. The van der Waals surface area contributed by atoms with Gasteiger partial charge in [0.05, 0.1) is 5.02 Å². The summed E-state index contributed by atoms with van der Waals surface area (Å²) >= 11 is 6.80. The Balaban J connectivity index is 1.60. The molecule has 8 heteroatoms. The molecule has 1 amide bonds. The lowest BCUT2D eigenvalue weighted by Gasteiger charge is -2.05. The average Bonchev–Trinajstić information content (AvgIpc) is 3.00. The maximum Gasteiger partial charge on any atom is 0.348 e. The normalized spacial score (nSPS) is 10.6. The van der Waals surface area contributed by atoms with Crippen LogP contribution >= 0.6 is 22.9 Å². The fraction of sp³-hybridized carbons (Fsp3) is 0.0625. The van der Waals surface area contributed by atoms with Crippen molar-refractivity contribution in [2.45, 2.75) is 0 Å². The van der Waals surface area contributed by atoms with E-state index in [1.807, 2.05) is 0 Å². The fourth-order valence-electron chi connectivity index (χ4n) is 1.96. The number of fused-ring (bicyclic) bond motifs is 1. The molecular formula is C16H10ClFN2O3S. The van der Waals surface area contributed by atoms with Gasteiger partial charge in [0.2, 0.25) is 0 Å². The SMILES string of the molecule is O=C(COC(=O)c1cc2c(F)cccc2s1)Nc1ccc(Cl)cn1. The van der Waals surface area contributed by atoms with Gasteiger partial charge in [0.1, 0.15) is 16.5 Å². The van der Waals surface area contributed by atoms with E-state index in [-0.39, 0.29) is 4.88 Å². The molecule has 3 rings (SSSR count). The maximum atomic E-state index is 13.6. The summed E-state index contributed by atoms with van der Waals surface area (Å²) in [5.41, 5.74) is 0. The number of benzene rings is 1. The van der Waals surface area contributed by atoms with Gasteiger partial charge in [-0.25, -0.2) is 14.2 Å². The third-order valence-electron chi connectivity index (χ3n) is 3.04. The second kappa shape index (κ2) is 6.94. The van der Waals surface area contributed by atoms with Crippen molar-refractivity contribution < 1.29 is 18.7 Å². The zero-order valence-electron chi connectivity index (χ0n) is 12.1. The van der Waals surface area contributed by atoms with Gasteiger partial charge in [-0.05, 0) is 30.3 Å². The van der Waals surface area contributed by atoms with Gasteiger partial charge in [-0.2, -0.15) is 0 Å². The lowest BCUT2D eigenvalue weighted by molar-refractivity contribution is -0.119. The zero-order valence-corrected chi connectivity index (χ0v) is 13.7. The number of pyridine rings is 1. The summed E-state index contributed by atoms with van der Waals surface area (Å²) in [5.74, 6) is -1.33. The molecule has 24 heavy (non-hydrogen) atoms. The highest BCUT2D eigenvalue weighted by atomic mass is 35.5. The molecule has 3 aromatic rings. The first-order valence-electron chi connectivity index (χ1n) is 6.79. The standard InChI is InChI=1S/C16H10ClFN2O3S/c17-9-4-5-14(19-7-9)20-15(21)8-23-16(22)13-6-10-11(18)2-1-3-12(10)24-13/h1-7H,8H2,(H,19,20,21). The third-order valence-corrected chi connectivity index (χ3v) is 4.34. The van der Waals surface area contributed by atoms with Crippen molar-refractivity contribution in [3.05, 3.63) is 58.3 Å². The summed E-state index contributed by atoms with van der Waals surface area (Å²) in [6.07, 6.45) is 1.38. The molecule has 2 heterocycles. The molecule has 0 saturated heterocycles. The van der Waals surface area contributed by atoms with Gasteiger partial charge in [0.15, 0.2) is 6.61 Å². The Labute approximate surface area is 145 Å². The topological polar surface area (TPSA) is 68.3 Å². The smallest absolute Gasteiger partial charge is 0.348 e. The summed E-state index contributed by atoms with van der Waals surface area (Å²) in [6, 6.07) is 9.10. The molecule has 0 bridgehead atoms. The Morgan fingerprint density at radius 1 is 1.29 bits per heavy atom. The first-order valence-corrected chi connectivity index (χ1v) is 7.99. The van der Waals surface area contributed by atoms with Gasteiger partial charge in [-0.3, -0.25) is 4.79 Å². The number of ether oxygens (including phenoxy) is 1. The number of aromatic nitrogens is 1. The molecular weight excluding hydrogens is 355 g/mol. The molecule has 2 aromatic heterocycles. The molecule has 1 aromatic carbocycles. The third kappa shape index (κ3) is 3.69. The van der Waals surface area contributed by atoms with Crippen LogP contribution in [0.1, 0.15) is 9.67 Å². The number of amides is 1. The van der Waals surface area contributed by atoms with Crippen molar-refractivity contribution in [3.63, 3.8) is 0 Å². The van der Waals surface area contributed by atoms with Crippen LogP contribution in [0, 0.1) is 5.82 Å². The van der Waals surface area contributed by atoms with Crippen LogP contribution in [0.25, 0.3) is 10.1 Å². The summed E-state index contributed by atoms with van der Waals surface area (Å²) < 4.78 is 19.2. The van der Waals surface area contributed by atoms with E-state index < -0.39 is 24.3 Å². The van der Waals surface area contributed by atoms with E-state index in [2.05, 4.69) is 10.3 Å². The predicted molar refractivity (Wildman–Crippen MR) is 89.9 cm³/mol. The van der Waals surface area contributed by atoms with Crippen molar-refractivity contribution in [3.8, 4) is 0 Å². The van der Waals surface area contributed by atoms with E-state index in [4.69, 9.17) is 16.3 Å². The lowest BCUT2D eigenvalue weighted by Crippen LogP contribution is -2.21. The average molecular weight is 365 g/mol. The van der Waals surface area contributed by atoms with Gasteiger partial charge in [0, 0.05) is 16.3 Å². The van der Waals surface area contributed by atoms with Crippen LogP contribution < -0.4 is 5.32 Å². The number of thiophene rings is 1. The summed E-state index contributed by atoms with van der Waals surface area (Å²) in [7, 11) is 0. The molecule has 0 radical (unpaired) electrons. The minimum atomic E-state index is -0.685. The van der Waals surface area contributed by atoms with Crippen molar-refractivity contribution in [2.75, 3.05) is 11.9 Å². The number of carbonyl (C=O) groups is 2. The van der Waals surface area contributed by atoms with E-state index in [0.29, 0.717) is 20.9 Å². The summed E-state index contributed by atoms with van der Waals surface area (Å²) in [6.45, 7) is -0.472. The highest BCUT2D eigenvalue weighted by molar-refractivity contribution is 7.20. The van der Waals surface area contributed by atoms with Gasteiger partial charge in [0.25, 0.3) is 5.91 Å². The Bertz CT molecular complexity index is 911. The summed E-state index contributed by atoms with van der Waals surface area (Å²) in [4.78, 5) is 27.8. The molecule has 0 saturated carbocycles. The number of nitrogens with zero attached hydrogens (tertiary/aromatic N) is 1. The number of rotatable bonds is 4. The number of esters is 1. The van der Waals surface area contributed by atoms with Crippen molar-refractivity contribution >= 4 is 50.7 Å². The molecule has 0 aliphatic heterocycles. The number of carbonyl (C=O) groups excluding carboxylic acids is 2. The van der Waals surface area contributed by atoms with Gasteiger partial charge in [-0.1, -0.05) is 17.7 Å².